The molecule has 4 amide bonds. The first-order valence-electron chi connectivity index (χ1n) is 8.53. The zero-order valence-corrected chi connectivity index (χ0v) is 15.2. The molecular formula is C18H22ClN3O3. The van der Waals surface area contributed by atoms with Crippen LogP contribution in [0.1, 0.15) is 38.7 Å². The topological polar surface area (TPSA) is 69.7 Å². The summed E-state index contributed by atoms with van der Waals surface area (Å²) in [4.78, 5) is 40.6. The molecule has 3 rings (SSSR count). The number of nitrogens with zero attached hydrogens (tertiary/aromatic N) is 2. The van der Waals surface area contributed by atoms with Crippen molar-refractivity contribution in [2.24, 2.45) is 0 Å². The van der Waals surface area contributed by atoms with Crippen molar-refractivity contribution in [1.82, 2.24) is 15.1 Å². The van der Waals surface area contributed by atoms with E-state index in [0.29, 0.717) is 17.1 Å². The van der Waals surface area contributed by atoms with Gasteiger partial charge in [-0.3, -0.25) is 14.5 Å². The van der Waals surface area contributed by atoms with Crippen LogP contribution < -0.4 is 5.32 Å². The van der Waals surface area contributed by atoms with E-state index in [9.17, 15) is 14.4 Å². The third-order valence-corrected chi connectivity index (χ3v) is 5.43. The Kier molecular flexibility index (Phi) is 4.73. The highest BCUT2D eigenvalue weighted by Crippen LogP contribution is 2.33. The molecule has 2 heterocycles. The van der Waals surface area contributed by atoms with Gasteiger partial charge < -0.3 is 10.2 Å². The molecule has 0 radical (unpaired) electrons. The molecule has 2 aliphatic heterocycles. The molecule has 2 aliphatic rings. The summed E-state index contributed by atoms with van der Waals surface area (Å²) < 4.78 is 0. The molecule has 0 saturated carbocycles. The summed E-state index contributed by atoms with van der Waals surface area (Å²) in [6, 6.07) is 6.47. The lowest BCUT2D eigenvalue weighted by Gasteiger charge is -2.34. The third-order valence-electron chi connectivity index (χ3n) is 5.10. The number of imide groups is 1. The number of hydrogen-bond donors (Lipinski definition) is 1. The number of nitrogens with one attached hydrogen (secondary N) is 1. The van der Waals surface area contributed by atoms with E-state index in [4.69, 9.17) is 11.6 Å². The first kappa shape index (κ1) is 17.7. The van der Waals surface area contributed by atoms with Crippen molar-refractivity contribution in [3.63, 3.8) is 0 Å². The standard InChI is InChI=1S/C18H22ClN3O3/c1-12-7-5-6-10-21(12)15(23)11-22-16(24)18(2,20-17(22)25)13-8-3-4-9-14(13)19/h3-4,8-9,12H,5-7,10-11H2,1-2H3,(H,20,25)/t12-,18-/m0/s1. The quantitative estimate of drug-likeness (QED) is 0.839. The summed E-state index contributed by atoms with van der Waals surface area (Å²) in [6.45, 7) is 4.04. The van der Waals surface area contributed by atoms with Crippen LogP contribution in [-0.2, 0) is 15.1 Å². The van der Waals surface area contributed by atoms with E-state index in [1.807, 2.05) is 6.92 Å². The molecule has 2 fully saturated rings. The third kappa shape index (κ3) is 3.11. The molecule has 2 atom stereocenters. The van der Waals surface area contributed by atoms with Gasteiger partial charge in [0.15, 0.2) is 0 Å². The Labute approximate surface area is 152 Å². The van der Waals surface area contributed by atoms with Crippen molar-refractivity contribution in [1.29, 1.82) is 0 Å². The Hall–Kier alpha value is -2.08. The molecule has 0 aliphatic carbocycles. The Morgan fingerprint density at radius 3 is 2.72 bits per heavy atom. The average molecular weight is 364 g/mol. The SMILES string of the molecule is C[C@H]1CCCCN1C(=O)CN1C(=O)N[C@@](C)(c2ccccc2Cl)C1=O. The zero-order valence-electron chi connectivity index (χ0n) is 14.4. The summed E-state index contributed by atoms with van der Waals surface area (Å²) in [6.07, 6.45) is 3.00. The van der Waals surface area contributed by atoms with Crippen LogP contribution in [0.15, 0.2) is 24.3 Å². The Balaban J connectivity index is 1.80. The average Bonchev–Trinajstić information content (AvgIpc) is 2.79. The molecule has 7 heteroatoms. The molecular weight excluding hydrogens is 342 g/mol. The lowest BCUT2D eigenvalue weighted by Crippen LogP contribution is -2.48. The molecule has 134 valence electrons. The molecule has 0 spiro atoms. The van der Waals surface area contributed by atoms with Crippen LogP contribution in [0.3, 0.4) is 0 Å². The summed E-state index contributed by atoms with van der Waals surface area (Å²) >= 11 is 6.20. The minimum absolute atomic E-state index is 0.136. The van der Waals surface area contributed by atoms with Gasteiger partial charge in [-0.05, 0) is 39.2 Å². The minimum atomic E-state index is -1.26. The van der Waals surface area contributed by atoms with Gasteiger partial charge in [0, 0.05) is 23.2 Å². The van der Waals surface area contributed by atoms with Crippen LogP contribution in [0.2, 0.25) is 5.02 Å². The van der Waals surface area contributed by atoms with E-state index in [1.165, 1.54) is 0 Å². The highest BCUT2D eigenvalue weighted by Gasteiger charge is 2.50. The van der Waals surface area contributed by atoms with Crippen molar-refractivity contribution in [3.8, 4) is 0 Å². The van der Waals surface area contributed by atoms with Crippen LogP contribution in [0, 0.1) is 0 Å². The molecule has 1 aromatic carbocycles. The number of halogens is 1. The summed E-state index contributed by atoms with van der Waals surface area (Å²) in [5.74, 6) is -0.650. The fraction of sp³-hybridized carbons (Fsp3) is 0.500. The Morgan fingerprint density at radius 2 is 2.04 bits per heavy atom. The lowest BCUT2D eigenvalue weighted by molar-refractivity contribution is -0.140. The van der Waals surface area contributed by atoms with Gasteiger partial charge in [0.25, 0.3) is 5.91 Å². The fourth-order valence-corrected chi connectivity index (χ4v) is 3.91. The summed E-state index contributed by atoms with van der Waals surface area (Å²) in [7, 11) is 0. The minimum Gasteiger partial charge on any atom is -0.338 e. The van der Waals surface area contributed by atoms with E-state index in [1.54, 1.807) is 36.1 Å². The number of likely N-dealkylation sites (tertiary alicyclic amines) is 1. The first-order chi connectivity index (χ1) is 11.8. The fourth-order valence-electron chi connectivity index (χ4n) is 3.58. The second kappa shape index (κ2) is 6.67. The van der Waals surface area contributed by atoms with Gasteiger partial charge in [0.05, 0.1) is 0 Å². The maximum Gasteiger partial charge on any atom is 0.325 e. The van der Waals surface area contributed by atoms with Crippen molar-refractivity contribution in [2.45, 2.75) is 44.7 Å². The monoisotopic (exact) mass is 363 g/mol. The number of urea groups is 1. The van der Waals surface area contributed by atoms with Gasteiger partial charge in [-0.1, -0.05) is 29.8 Å². The van der Waals surface area contributed by atoms with E-state index >= 15 is 0 Å². The molecule has 0 unspecified atom stereocenters. The molecule has 2 saturated heterocycles. The maximum absolute atomic E-state index is 12.9. The number of hydrogen-bond acceptors (Lipinski definition) is 3. The van der Waals surface area contributed by atoms with Gasteiger partial charge in [-0.15, -0.1) is 0 Å². The number of carbonyl (C=O) groups excluding carboxylic acids is 3. The van der Waals surface area contributed by atoms with Gasteiger partial charge in [-0.2, -0.15) is 0 Å². The van der Waals surface area contributed by atoms with Gasteiger partial charge >= 0.3 is 6.03 Å². The van der Waals surface area contributed by atoms with Crippen molar-refractivity contribution in [2.75, 3.05) is 13.1 Å². The smallest absolute Gasteiger partial charge is 0.325 e. The second-order valence-corrected chi connectivity index (χ2v) is 7.27. The predicted octanol–water partition coefficient (Wildman–Crippen LogP) is 2.51. The summed E-state index contributed by atoms with van der Waals surface area (Å²) in [5.41, 5.74) is -0.736. The lowest BCUT2D eigenvalue weighted by atomic mass is 9.92. The molecule has 0 bridgehead atoms. The van der Waals surface area contributed by atoms with Crippen LogP contribution >= 0.6 is 11.6 Å². The number of carbonyl (C=O) groups is 3. The van der Waals surface area contributed by atoms with Crippen molar-refractivity contribution in [3.05, 3.63) is 34.9 Å². The maximum atomic E-state index is 12.9. The number of rotatable bonds is 3. The molecule has 25 heavy (non-hydrogen) atoms. The van der Waals surface area contributed by atoms with Crippen LogP contribution in [0.25, 0.3) is 0 Å². The van der Waals surface area contributed by atoms with Gasteiger partial charge in [0.1, 0.15) is 12.1 Å². The van der Waals surface area contributed by atoms with Crippen LogP contribution in [0.4, 0.5) is 4.79 Å². The predicted molar refractivity (Wildman–Crippen MR) is 94.1 cm³/mol. The van der Waals surface area contributed by atoms with E-state index in [-0.39, 0.29) is 18.5 Å². The first-order valence-corrected chi connectivity index (χ1v) is 8.91. The number of amides is 4. The molecule has 1 aromatic rings. The highest BCUT2D eigenvalue weighted by atomic mass is 35.5. The van der Waals surface area contributed by atoms with Crippen LogP contribution in [-0.4, -0.2) is 46.8 Å². The summed E-state index contributed by atoms with van der Waals surface area (Å²) in [5, 5.41) is 3.09. The number of piperidine rings is 1. The van der Waals surface area contributed by atoms with E-state index in [2.05, 4.69) is 5.32 Å². The largest absolute Gasteiger partial charge is 0.338 e. The second-order valence-electron chi connectivity index (χ2n) is 6.86. The van der Waals surface area contributed by atoms with E-state index < -0.39 is 17.5 Å². The Bertz CT molecular complexity index is 723. The van der Waals surface area contributed by atoms with E-state index in [0.717, 1.165) is 24.2 Å². The highest BCUT2D eigenvalue weighted by molar-refractivity contribution is 6.32. The van der Waals surface area contributed by atoms with Gasteiger partial charge in [-0.25, -0.2) is 4.79 Å². The van der Waals surface area contributed by atoms with Crippen molar-refractivity contribution < 1.29 is 14.4 Å². The van der Waals surface area contributed by atoms with Gasteiger partial charge in [0.2, 0.25) is 5.91 Å². The number of benzene rings is 1. The van der Waals surface area contributed by atoms with Crippen molar-refractivity contribution >= 4 is 29.4 Å². The van der Waals surface area contributed by atoms with Crippen LogP contribution in [0.5, 0.6) is 0 Å². The molecule has 6 nitrogen and oxygen atoms in total. The molecule has 0 aromatic heterocycles. The zero-order chi connectivity index (χ0) is 18.2. The Morgan fingerprint density at radius 1 is 1.32 bits per heavy atom. The normalized spacial score (nSPS) is 26.8. The molecule has 1 N–H and O–H groups in total.